The van der Waals surface area contributed by atoms with E-state index >= 15 is 0 Å². The second-order valence-corrected chi connectivity index (χ2v) is 11.5. The Morgan fingerprint density at radius 2 is 1.66 bits per heavy atom. The van der Waals surface area contributed by atoms with E-state index in [1.54, 1.807) is 0 Å². The van der Waals surface area contributed by atoms with Crippen molar-refractivity contribution >= 4 is 5.91 Å². The number of aliphatic hydroxyl groups is 1. The van der Waals surface area contributed by atoms with Gasteiger partial charge in [-0.3, -0.25) is 4.79 Å². The van der Waals surface area contributed by atoms with E-state index in [2.05, 4.69) is 55.7 Å². The minimum Gasteiger partial charge on any atom is -0.389 e. The van der Waals surface area contributed by atoms with Gasteiger partial charge in [-0.1, -0.05) is 64.3 Å². The van der Waals surface area contributed by atoms with Gasteiger partial charge < -0.3 is 15.7 Å². The van der Waals surface area contributed by atoms with Crippen LogP contribution in [-0.2, 0) is 15.7 Å². The van der Waals surface area contributed by atoms with Gasteiger partial charge in [-0.05, 0) is 53.5 Å². The molecule has 0 radical (unpaired) electrons. The summed E-state index contributed by atoms with van der Waals surface area (Å²) in [5.74, 6) is -1.93. The second-order valence-electron chi connectivity index (χ2n) is 11.5. The standard InChI is InChI=1S/C29H38F2N2O2/c1-19(34)33-29(17-25(29)20-14-23(30)16-24(31)15-20)26(35)18-32-28(12-6-5-7-13-28)22-10-8-21(9-11-22)27(2,3)4/h8-11,14-16,25-26,32,35H,5-7,12-13,17-18H2,1-4H3,(H,33,34)/t25-,26-,29?/m1/s1. The summed E-state index contributed by atoms with van der Waals surface area (Å²) < 4.78 is 27.7. The van der Waals surface area contributed by atoms with Crippen molar-refractivity contribution in [2.24, 2.45) is 0 Å². The van der Waals surface area contributed by atoms with Crippen LogP contribution in [0.4, 0.5) is 8.78 Å². The first-order valence-electron chi connectivity index (χ1n) is 12.7. The fourth-order valence-corrected chi connectivity index (χ4v) is 5.87. The average Bonchev–Trinajstić information content (AvgIpc) is 3.51. The number of carbonyl (C=O) groups excluding carboxylic acids is 1. The normalized spacial score (nSPS) is 24.6. The maximum Gasteiger partial charge on any atom is 0.217 e. The third-order valence-corrected chi connectivity index (χ3v) is 7.94. The van der Waals surface area contributed by atoms with E-state index < -0.39 is 23.3 Å². The van der Waals surface area contributed by atoms with Crippen LogP contribution < -0.4 is 10.6 Å². The van der Waals surface area contributed by atoms with Crippen molar-refractivity contribution in [2.75, 3.05) is 6.54 Å². The van der Waals surface area contributed by atoms with Crippen LogP contribution in [0.5, 0.6) is 0 Å². The van der Waals surface area contributed by atoms with Gasteiger partial charge in [0, 0.05) is 31.0 Å². The summed E-state index contributed by atoms with van der Waals surface area (Å²) in [6, 6.07) is 12.2. The van der Waals surface area contributed by atoms with E-state index in [1.807, 2.05) is 0 Å². The molecule has 2 aromatic rings. The van der Waals surface area contributed by atoms with Crippen LogP contribution in [0.3, 0.4) is 0 Å². The maximum atomic E-state index is 13.9. The van der Waals surface area contributed by atoms with Crippen molar-refractivity contribution < 1.29 is 18.7 Å². The fraction of sp³-hybridized carbons (Fsp3) is 0.552. The first-order chi connectivity index (χ1) is 16.4. The predicted octanol–water partition coefficient (Wildman–Crippen LogP) is 5.43. The van der Waals surface area contributed by atoms with Crippen LogP contribution in [0.25, 0.3) is 0 Å². The molecule has 190 valence electrons. The summed E-state index contributed by atoms with van der Waals surface area (Å²) in [5, 5.41) is 17.9. The number of amides is 1. The van der Waals surface area contributed by atoms with Gasteiger partial charge in [-0.2, -0.15) is 0 Å². The molecule has 0 aromatic heterocycles. The average molecular weight is 485 g/mol. The highest BCUT2D eigenvalue weighted by atomic mass is 19.1. The summed E-state index contributed by atoms with van der Waals surface area (Å²) in [4.78, 5) is 12.0. The minimum absolute atomic E-state index is 0.0734. The summed E-state index contributed by atoms with van der Waals surface area (Å²) in [5.41, 5.74) is 1.84. The number of hydrogen-bond acceptors (Lipinski definition) is 3. The smallest absolute Gasteiger partial charge is 0.217 e. The number of halogens is 2. The lowest BCUT2D eigenvalue weighted by atomic mass is 9.75. The van der Waals surface area contributed by atoms with Crippen LogP contribution in [0, 0.1) is 11.6 Å². The predicted molar refractivity (Wildman–Crippen MR) is 134 cm³/mol. The van der Waals surface area contributed by atoms with E-state index in [0.717, 1.165) is 31.7 Å². The molecule has 4 rings (SSSR count). The summed E-state index contributed by atoms with van der Waals surface area (Å²) >= 11 is 0. The number of benzene rings is 2. The van der Waals surface area contributed by atoms with Crippen LogP contribution in [0.15, 0.2) is 42.5 Å². The zero-order valence-electron chi connectivity index (χ0n) is 21.3. The third-order valence-electron chi connectivity index (χ3n) is 7.94. The van der Waals surface area contributed by atoms with Crippen molar-refractivity contribution in [3.8, 4) is 0 Å². The molecule has 35 heavy (non-hydrogen) atoms. The highest BCUT2D eigenvalue weighted by molar-refractivity contribution is 5.75. The minimum atomic E-state index is -0.939. The van der Waals surface area contributed by atoms with Gasteiger partial charge in [-0.15, -0.1) is 0 Å². The first kappa shape index (κ1) is 25.8. The fourth-order valence-electron chi connectivity index (χ4n) is 5.87. The number of carbonyl (C=O) groups is 1. The number of hydrogen-bond donors (Lipinski definition) is 3. The largest absolute Gasteiger partial charge is 0.389 e. The van der Waals surface area contributed by atoms with Gasteiger partial charge in [0.1, 0.15) is 11.6 Å². The van der Waals surface area contributed by atoms with Gasteiger partial charge in [0.15, 0.2) is 0 Å². The molecular weight excluding hydrogens is 446 g/mol. The van der Waals surface area contributed by atoms with E-state index in [0.29, 0.717) is 12.0 Å². The molecule has 3 N–H and O–H groups in total. The van der Waals surface area contributed by atoms with Crippen molar-refractivity contribution in [3.63, 3.8) is 0 Å². The van der Waals surface area contributed by atoms with Gasteiger partial charge in [0.05, 0.1) is 11.6 Å². The van der Waals surface area contributed by atoms with Gasteiger partial charge in [-0.25, -0.2) is 8.78 Å². The van der Waals surface area contributed by atoms with Gasteiger partial charge in [0.25, 0.3) is 0 Å². The highest BCUT2D eigenvalue weighted by Crippen LogP contribution is 2.54. The Labute approximate surface area is 207 Å². The molecule has 0 aliphatic heterocycles. The molecule has 6 heteroatoms. The Kier molecular flexibility index (Phi) is 7.09. The van der Waals surface area contributed by atoms with E-state index in [4.69, 9.17) is 0 Å². The van der Waals surface area contributed by atoms with Gasteiger partial charge in [0.2, 0.25) is 5.91 Å². The molecule has 1 unspecified atom stereocenters. The number of rotatable bonds is 7. The summed E-state index contributed by atoms with van der Waals surface area (Å²) in [7, 11) is 0. The first-order valence-corrected chi connectivity index (χ1v) is 12.7. The van der Waals surface area contributed by atoms with Crippen molar-refractivity contribution in [2.45, 2.75) is 94.7 Å². The molecule has 0 heterocycles. The molecule has 4 nitrogen and oxygen atoms in total. The summed E-state index contributed by atoms with van der Waals surface area (Å²) in [6.45, 7) is 8.28. The van der Waals surface area contributed by atoms with Crippen molar-refractivity contribution in [3.05, 3.63) is 70.8 Å². The molecule has 0 spiro atoms. The Morgan fingerprint density at radius 1 is 1.06 bits per heavy atom. The number of nitrogens with one attached hydrogen (secondary N) is 2. The van der Waals surface area contributed by atoms with Crippen LogP contribution in [0.2, 0.25) is 0 Å². The van der Waals surface area contributed by atoms with Crippen molar-refractivity contribution in [1.29, 1.82) is 0 Å². The molecule has 1 amide bonds. The Bertz CT molecular complexity index is 1040. The Hall–Kier alpha value is -2.31. The van der Waals surface area contributed by atoms with Gasteiger partial charge >= 0.3 is 0 Å². The lowest BCUT2D eigenvalue weighted by molar-refractivity contribution is -0.121. The van der Waals surface area contributed by atoms with Crippen LogP contribution in [-0.4, -0.2) is 29.2 Å². The van der Waals surface area contributed by atoms with Crippen LogP contribution >= 0.6 is 0 Å². The zero-order chi connectivity index (χ0) is 25.4. The lowest BCUT2D eigenvalue weighted by Gasteiger charge is -2.41. The van der Waals surface area contributed by atoms with Crippen molar-refractivity contribution in [1.82, 2.24) is 10.6 Å². The highest BCUT2D eigenvalue weighted by Gasteiger charge is 2.60. The third kappa shape index (κ3) is 5.44. The zero-order valence-corrected chi connectivity index (χ0v) is 21.3. The molecule has 2 aliphatic carbocycles. The monoisotopic (exact) mass is 484 g/mol. The molecule has 2 fully saturated rings. The van der Waals surface area contributed by atoms with E-state index in [-0.39, 0.29) is 29.3 Å². The Morgan fingerprint density at radius 3 is 2.20 bits per heavy atom. The topological polar surface area (TPSA) is 61.4 Å². The molecule has 0 saturated heterocycles. The molecule has 3 atom stereocenters. The number of aliphatic hydroxyl groups excluding tert-OH is 1. The van der Waals surface area contributed by atoms with E-state index in [1.165, 1.54) is 36.6 Å². The van der Waals surface area contributed by atoms with Crippen LogP contribution in [0.1, 0.15) is 88.8 Å². The quantitative estimate of drug-likeness (QED) is 0.491. The Balaban J connectivity index is 1.55. The maximum absolute atomic E-state index is 13.9. The molecular formula is C29H38F2N2O2. The molecule has 2 aliphatic rings. The SMILES string of the molecule is CC(=O)NC1([C@H](O)CNC2(c3ccc(C(C)(C)C)cc3)CCCCC2)C[C@@H]1c1cc(F)cc(F)c1. The molecule has 2 aromatic carbocycles. The van der Waals surface area contributed by atoms with E-state index in [9.17, 15) is 18.7 Å². The molecule has 2 saturated carbocycles. The lowest BCUT2D eigenvalue weighted by Crippen LogP contribution is -2.54. The second kappa shape index (κ2) is 9.62. The summed E-state index contributed by atoms with van der Waals surface area (Å²) in [6.07, 6.45) is 4.87. The molecule has 0 bridgehead atoms.